The molecular weight excluding hydrogens is 294 g/mol. The van der Waals surface area contributed by atoms with Crippen molar-refractivity contribution in [2.24, 2.45) is 0 Å². The number of hydrogen-bond acceptors (Lipinski definition) is 5. The summed E-state index contributed by atoms with van der Waals surface area (Å²) in [5.41, 5.74) is 1.32. The van der Waals surface area contributed by atoms with Crippen LogP contribution in [0.15, 0.2) is 30.5 Å². The fourth-order valence-corrected chi connectivity index (χ4v) is 2.16. The van der Waals surface area contributed by atoms with Crippen molar-refractivity contribution in [3.05, 3.63) is 41.0 Å². The Labute approximate surface area is 127 Å². The van der Waals surface area contributed by atoms with Crippen LogP contribution in [0, 0.1) is 0 Å². The van der Waals surface area contributed by atoms with Crippen molar-refractivity contribution in [3.8, 4) is 22.8 Å². The molecule has 5 nitrogen and oxygen atoms in total. The predicted octanol–water partition coefficient (Wildman–Crippen LogP) is 3.21. The molecule has 0 atom stereocenters. The third kappa shape index (κ3) is 2.92. The van der Waals surface area contributed by atoms with Gasteiger partial charge in [-0.2, -0.15) is 0 Å². The minimum atomic E-state index is -0.544. The molecule has 0 fully saturated rings. The minimum absolute atomic E-state index is 0.217. The van der Waals surface area contributed by atoms with Crippen molar-refractivity contribution in [3.63, 3.8) is 0 Å². The standard InChI is InChI=1S/C15H14ClNO4/c1-19-11-5-4-9(8-12(11)20-2)14-13(15(18)21-3)10(16)6-7-17-14/h4-8H,1-3H3. The zero-order valence-electron chi connectivity index (χ0n) is 11.8. The zero-order valence-corrected chi connectivity index (χ0v) is 12.6. The topological polar surface area (TPSA) is 57.7 Å². The summed E-state index contributed by atoms with van der Waals surface area (Å²) in [6.07, 6.45) is 1.53. The summed E-state index contributed by atoms with van der Waals surface area (Å²) < 4.78 is 15.2. The van der Waals surface area contributed by atoms with Gasteiger partial charge in [0.05, 0.1) is 32.0 Å². The van der Waals surface area contributed by atoms with Gasteiger partial charge in [0, 0.05) is 11.8 Å². The van der Waals surface area contributed by atoms with Gasteiger partial charge in [0.2, 0.25) is 0 Å². The van der Waals surface area contributed by atoms with Gasteiger partial charge in [-0.25, -0.2) is 4.79 Å². The van der Waals surface area contributed by atoms with Gasteiger partial charge >= 0.3 is 5.97 Å². The van der Waals surface area contributed by atoms with Gasteiger partial charge in [-0.3, -0.25) is 4.98 Å². The fraction of sp³-hybridized carbons (Fsp3) is 0.200. The first-order chi connectivity index (χ1) is 10.1. The number of methoxy groups -OCH3 is 3. The van der Waals surface area contributed by atoms with Crippen LogP contribution in [0.25, 0.3) is 11.3 Å². The van der Waals surface area contributed by atoms with E-state index in [1.807, 2.05) is 0 Å². The number of rotatable bonds is 4. The molecule has 0 bridgehead atoms. The number of nitrogens with zero attached hydrogens (tertiary/aromatic N) is 1. The SMILES string of the molecule is COC(=O)c1c(Cl)ccnc1-c1ccc(OC)c(OC)c1. The third-order valence-corrected chi connectivity index (χ3v) is 3.26. The van der Waals surface area contributed by atoms with Gasteiger partial charge in [0.25, 0.3) is 0 Å². The van der Waals surface area contributed by atoms with Crippen molar-refractivity contribution in [1.82, 2.24) is 4.98 Å². The summed E-state index contributed by atoms with van der Waals surface area (Å²) in [7, 11) is 4.38. The van der Waals surface area contributed by atoms with Gasteiger partial charge in [-0.1, -0.05) is 11.6 Å². The molecule has 2 aromatic rings. The monoisotopic (exact) mass is 307 g/mol. The molecule has 21 heavy (non-hydrogen) atoms. The quantitative estimate of drug-likeness (QED) is 0.812. The molecule has 0 aliphatic heterocycles. The zero-order chi connectivity index (χ0) is 15.4. The van der Waals surface area contributed by atoms with Gasteiger partial charge in [0.1, 0.15) is 5.56 Å². The lowest BCUT2D eigenvalue weighted by Crippen LogP contribution is -2.06. The highest BCUT2D eigenvalue weighted by molar-refractivity contribution is 6.34. The number of carbonyl (C=O) groups excluding carboxylic acids is 1. The highest BCUT2D eigenvalue weighted by Gasteiger charge is 2.19. The first-order valence-corrected chi connectivity index (χ1v) is 6.45. The maximum absolute atomic E-state index is 11.9. The van der Waals surface area contributed by atoms with E-state index >= 15 is 0 Å². The first kappa shape index (κ1) is 15.1. The van der Waals surface area contributed by atoms with E-state index in [0.717, 1.165) is 0 Å². The van der Waals surface area contributed by atoms with Crippen LogP contribution in [-0.2, 0) is 4.74 Å². The Hall–Kier alpha value is -2.27. The van der Waals surface area contributed by atoms with Gasteiger partial charge in [-0.05, 0) is 24.3 Å². The number of carbonyl (C=O) groups is 1. The molecular formula is C15H14ClNO4. The lowest BCUT2D eigenvalue weighted by atomic mass is 10.1. The molecule has 0 unspecified atom stereocenters. The number of halogens is 1. The number of pyridine rings is 1. The molecule has 1 aromatic carbocycles. The normalized spacial score (nSPS) is 10.1. The molecule has 0 N–H and O–H groups in total. The summed E-state index contributed by atoms with van der Waals surface area (Å²) in [5.74, 6) is 0.577. The maximum atomic E-state index is 11.9. The first-order valence-electron chi connectivity index (χ1n) is 6.07. The largest absolute Gasteiger partial charge is 0.493 e. The summed E-state index contributed by atoms with van der Waals surface area (Å²) in [6, 6.07) is 6.77. The van der Waals surface area contributed by atoms with E-state index in [-0.39, 0.29) is 10.6 Å². The Morgan fingerprint density at radius 3 is 2.43 bits per heavy atom. The Morgan fingerprint density at radius 1 is 1.10 bits per heavy atom. The number of aromatic nitrogens is 1. The summed E-state index contributed by atoms with van der Waals surface area (Å²) >= 11 is 6.09. The Kier molecular flexibility index (Phi) is 4.65. The average molecular weight is 308 g/mol. The second-order valence-corrected chi connectivity index (χ2v) is 4.48. The smallest absolute Gasteiger partial charge is 0.341 e. The molecule has 1 aromatic heterocycles. The highest BCUT2D eigenvalue weighted by Crippen LogP contribution is 2.34. The van der Waals surface area contributed by atoms with Crippen LogP contribution < -0.4 is 9.47 Å². The molecule has 0 spiro atoms. The van der Waals surface area contributed by atoms with Gasteiger partial charge < -0.3 is 14.2 Å². The van der Waals surface area contributed by atoms with Crippen LogP contribution in [0.3, 0.4) is 0 Å². The third-order valence-electron chi connectivity index (χ3n) is 2.95. The van der Waals surface area contributed by atoms with Crippen molar-refractivity contribution >= 4 is 17.6 Å². The van der Waals surface area contributed by atoms with E-state index in [1.165, 1.54) is 26.5 Å². The molecule has 1 heterocycles. The highest BCUT2D eigenvalue weighted by atomic mass is 35.5. The maximum Gasteiger partial charge on any atom is 0.341 e. The molecule has 110 valence electrons. The molecule has 0 saturated heterocycles. The van der Waals surface area contributed by atoms with Crippen LogP contribution in [0.2, 0.25) is 5.02 Å². The number of hydrogen-bond donors (Lipinski definition) is 0. The van der Waals surface area contributed by atoms with Crippen molar-refractivity contribution in [2.75, 3.05) is 21.3 Å². The van der Waals surface area contributed by atoms with Gasteiger partial charge in [0.15, 0.2) is 11.5 Å². The Balaban J connectivity index is 2.62. The lowest BCUT2D eigenvalue weighted by Gasteiger charge is -2.12. The molecule has 0 saturated carbocycles. The second-order valence-electron chi connectivity index (χ2n) is 4.08. The molecule has 0 aliphatic carbocycles. The minimum Gasteiger partial charge on any atom is -0.493 e. The van der Waals surface area contributed by atoms with Crippen LogP contribution >= 0.6 is 11.6 Å². The van der Waals surface area contributed by atoms with E-state index in [2.05, 4.69) is 4.98 Å². The number of esters is 1. The summed E-state index contributed by atoms with van der Waals surface area (Å²) in [4.78, 5) is 16.1. The Bertz CT molecular complexity index is 673. The molecule has 0 amide bonds. The van der Waals surface area contributed by atoms with E-state index in [4.69, 9.17) is 25.8 Å². The van der Waals surface area contributed by atoms with Crippen LogP contribution in [0.5, 0.6) is 11.5 Å². The van der Waals surface area contributed by atoms with E-state index < -0.39 is 5.97 Å². The Morgan fingerprint density at radius 2 is 1.81 bits per heavy atom. The second kappa shape index (κ2) is 6.45. The molecule has 6 heteroatoms. The summed E-state index contributed by atoms with van der Waals surface area (Å²) in [6.45, 7) is 0. The van der Waals surface area contributed by atoms with Crippen LogP contribution in [0.1, 0.15) is 10.4 Å². The average Bonchev–Trinajstić information content (AvgIpc) is 2.53. The number of benzene rings is 1. The molecule has 2 rings (SSSR count). The predicted molar refractivity (Wildman–Crippen MR) is 79.1 cm³/mol. The number of ether oxygens (including phenoxy) is 3. The van der Waals surface area contributed by atoms with Gasteiger partial charge in [-0.15, -0.1) is 0 Å². The van der Waals surface area contributed by atoms with Crippen LogP contribution in [-0.4, -0.2) is 32.3 Å². The lowest BCUT2D eigenvalue weighted by molar-refractivity contribution is 0.0601. The summed E-state index contributed by atoms with van der Waals surface area (Å²) in [5, 5.41) is 0.279. The fourth-order valence-electron chi connectivity index (χ4n) is 1.94. The molecule has 0 radical (unpaired) electrons. The van der Waals surface area contributed by atoms with Crippen molar-refractivity contribution < 1.29 is 19.0 Å². The van der Waals surface area contributed by atoms with Crippen LogP contribution in [0.4, 0.5) is 0 Å². The van der Waals surface area contributed by atoms with E-state index in [1.54, 1.807) is 25.3 Å². The molecule has 0 aliphatic rings. The van der Waals surface area contributed by atoms with Crippen molar-refractivity contribution in [1.29, 1.82) is 0 Å². The van der Waals surface area contributed by atoms with E-state index in [0.29, 0.717) is 22.8 Å². The van der Waals surface area contributed by atoms with Crippen molar-refractivity contribution in [2.45, 2.75) is 0 Å². The van der Waals surface area contributed by atoms with E-state index in [9.17, 15) is 4.79 Å².